The van der Waals surface area contributed by atoms with E-state index in [9.17, 15) is 14.9 Å². The van der Waals surface area contributed by atoms with Crippen molar-refractivity contribution in [2.75, 3.05) is 12.4 Å². The van der Waals surface area contributed by atoms with Crippen LogP contribution in [0, 0.1) is 10.1 Å². The number of nitrogens with one attached hydrogen (secondary N) is 1. The second-order valence-corrected chi connectivity index (χ2v) is 8.63. The van der Waals surface area contributed by atoms with E-state index in [4.69, 9.17) is 0 Å². The molecule has 3 rings (SSSR count). The lowest BCUT2D eigenvalue weighted by Crippen LogP contribution is -2.33. The minimum atomic E-state index is -0.604. The van der Waals surface area contributed by atoms with Gasteiger partial charge >= 0.3 is 5.97 Å². The smallest absolute Gasteiger partial charge is 0.338 e. The molecule has 6 heteroatoms. The van der Waals surface area contributed by atoms with Crippen LogP contribution in [0.5, 0.6) is 0 Å². The molecule has 1 N–H and O–H groups in total. The standard InChI is InChI=1S/C22H26N2O4/c1-21(2)10-11-22(3,4)17-13-15(7-8-16(17)21)23-18-9-6-14(20(25)28-5)12-19(18)24(26)27/h6-9,12-13,23H,10-11H2,1-5H3. The molecule has 0 saturated heterocycles. The Morgan fingerprint density at radius 3 is 2.29 bits per heavy atom. The van der Waals surface area contributed by atoms with Crippen LogP contribution < -0.4 is 5.32 Å². The van der Waals surface area contributed by atoms with E-state index in [-0.39, 0.29) is 22.1 Å². The molecule has 0 heterocycles. The van der Waals surface area contributed by atoms with Crippen molar-refractivity contribution in [2.45, 2.75) is 51.4 Å². The fraction of sp³-hybridized carbons (Fsp3) is 0.409. The van der Waals surface area contributed by atoms with Gasteiger partial charge in [-0.1, -0.05) is 33.8 Å². The first-order valence-corrected chi connectivity index (χ1v) is 9.34. The van der Waals surface area contributed by atoms with Gasteiger partial charge in [-0.25, -0.2) is 4.79 Å². The summed E-state index contributed by atoms with van der Waals surface area (Å²) in [5.74, 6) is -0.604. The molecule has 0 unspecified atom stereocenters. The molecule has 1 aliphatic carbocycles. The number of esters is 1. The molecule has 0 saturated carbocycles. The molecular formula is C22H26N2O4. The van der Waals surface area contributed by atoms with Gasteiger partial charge in [-0.3, -0.25) is 10.1 Å². The molecule has 0 radical (unpaired) electrons. The molecule has 1 aliphatic rings. The third-order valence-electron chi connectivity index (χ3n) is 5.75. The average molecular weight is 382 g/mol. The molecule has 0 bridgehead atoms. The van der Waals surface area contributed by atoms with E-state index < -0.39 is 10.9 Å². The van der Waals surface area contributed by atoms with Gasteiger partial charge in [-0.15, -0.1) is 0 Å². The Kier molecular flexibility index (Phi) is 4.91. The van der Waals surface area contributed by atoms with Gasteiger partial charge in [0.2, 0.25) is 0 Å². The van der Waals surface area contributed by atoms with Gasteiger partial charge < -0.3 is 10.1 Å². The van der Waals surface area contributed by atoms with Crippen LogP contribution in [0.15, 0.2) is 36.4 Å². The van der Waals surface area contributed by atoms with Gasteiger partial charge in [0.1, 0.15) is 5.69 Å². The molecule has 0 aromatic heterocycles. The van der Waals surface area contributed by atoms with E-state index in [0.29, 0.717) is 5.69 Å². The zero-order valence-corrected chi connectivity index (χ0v) is 17.0. The number of rotatable bonds is 4. The fourth-order valence-electron chi connectivity index (χ4n) is 3.86. The van der Waals surface area contributed by atoms with Crippen LogP contribution in [0.3, 0.4) is 0 Å². The first-order chi connectivity index (χ1) is 13.0. The highest BCUT2D eigenvalue weighted by Gasteiger charge is 2.37. The second-order valence-electron chi connectivity index (χ2n) is 8.63. The third-order valence-corrected chi connectivity index (χ3v) is 5.75. The second kappa shape index (κ2) is 6.93. The molecule has 0 atom stereocenters. The van der Waals surface area contributed by atoms with Gasteiger partial charge in [0, 0.05) is 11.8 Å². The number of fused-ring (bicyclic) bond motifs is 1. The van der Waals surface area contributed by atoms with Gasteiger partial charge in [0.15, 0.2) is 0 Å². The predicted octanol–water partition coefficient (Wildman–Crippen LogP) is 5.47. The largest absolute Gasteiger partial charge is 0.465 e. The molecule has 0 amide bonds. The topological polar surface area (TPSA) is 81.5 Å². The van der Waals surface area contributed by atoms with Crippen molar-refractivity contribution in [3.05, 3.63) is 63.2 Å². The Morgan fingerprint density at radius 1 is 1.04 bits per heavy atom. The Balaban J connectivity index is 2.01. The Labute approximate surface area is 165 Å². The zero-order chi connectivity index (χ0) is 20.7. The van der Waals surface area contributed by atoms with Crippen molar-refractivity contribution in [3.8, 4) is 0 Å². The normalized spacial score (nSPS) is 16.8. The summed E-state index contributed by atoms with van der Waals surface area (Å²) in [4.78, 5) is 22.7. The van der Waals surface area contributed by atoms with E-state index >= 15 is 0 Å². The number of nitro groups is 1. The fourth-order valence-corrected chi connectivity index (χ4v) is 3.86. The summed E-state index contributed by atoms with van der Waals surface area (Å²) >= 11 is 0. The van der Waals surface area contributed by atoms with Gasteiger partial charge in [0.05, 0.1) is 17.6 Å². The first-order valence-electron chi connectivity index (χ1n) is 9.34. The summed E-state index contributed by atoms with van der Waals surface area (Å²) in [6.07, 6.45) is 2.21. The van der Waals surface area contributed by atoms with Crippen LogP contribution in [-0.4, -0.2) is 18.0 Å². The van der Waals surface area contributed by atoms with Crippen molar-refractivity contribution < 1.29 is 14.5 Å². The monoisotopic (exact) mass is 382 g/mol. The molecule has 0 aliphatic heterocycles. The minimum absolute atomic E-state index is 0.0449. The first kappa shape index (κ1) is 19.9. The lowest BCUT2D eigenvalue weighted by atomic mass is 9.63. The number of carbonyl (C=O) groups is 1. The molecular weight excluding hydrogens is 356 g/mol. The Hall–Kier alpha value is -2.89. The number of anilines is 2. The molecule has 2 aromatic rings. The number of ether oxygens (including phenoxy) is 1. The molecule has 148 valence electrons. The van der Waals surface area contributed by atoms with Crippen LogP contribution in [0.1, 0.15) is 62.0 Å². The maximum Gasteiger partial charge on any atom is 0.338 e. The summed E-state index contributed by atoms with van der Waals surface area (Å²) in [7, 11) is 1.25. The number of benzene rings is 2. The summed E-state index contributed by atoms with van der Waals surface area (Å²) in [6, 6.07) is 10.5. The summed E-state index contributed by atoms with van der Waals surface area (Å²) in [6.45, 7) is 8.98. The van der Waals surface area contributed by atoms with Crippen molar-refractivity contribution in [2.24, 2.45) is 0 Å². The van der Waals surface area contributed by atoms with E-state index in [1.54, 1.807) is 6.07 Å². The maximum atomic E-state index is 11.7. The van der Waals surface area contributed by atoms with Crippen LogP contribution in [-0.2, 0) is 15.6 Å². The van der Waals surface area contributed by atoms with E-state index in [1.165, 1.54) is 30.4 Å². The van der Waals surface area contributed by atoms with Gasteiger partial charge in [0.25, 0.3) is 5.69 Å². The highest BCUT2D eigenvalue weighted by molar-refractivity contribution is 5.91. The highest BCUT2D eigenvalue weighted by atomic mass is 16.6. The number of hydrogen-bond donors (Lipinski definition) is 1. The lowest BCUT2D eigenvalue weighted by Gasteiger charge is -2.42. The Bertz CT molecular complexity index is 948. The van der Waals surface area contributed by atoms with Crippen LogP contribution in [0.2, 0.25) is 0 Å². The molecule has 0 fully saturated rings. The van der Waals surface area contributed by atoms with Crippen LogP contribution in [0.25, 0.3) is 0 Å². The van der Waals surface area contributed by atoms with Gasteiger partial charge in [-0.05, 0) is 59.1 Å². The van der Waals surface area contributed by atoms with Crippen molar-refractivity contribution >= 4 is 23.0 Å². The summed E-state index contributed by atoms with van der Waals surface area (Å²) in [5, 5.41) is 14.7. The SMILES string of the molecule is COC(=O)c1ccc(Nc2ccc3c(c2)C(C)(C)CCC3(C)C)c([N+](=O)[O-])c1. The van der Waals surface area contributed by atoms with E-state index in [1.807, 2.05) is 6.07 Å². The molecule has 0 spiro atoms. The lowest BCUT2D eigenvalue weighted by molar-refractivity contribution is -0.383. The highest BCUT2D eigenvalue weighted by Crippen LogP contribution is 2.46. The number of methoxy groups -OCH3 is 1. The van der Waals surface area contributed by atoms with Crippen LogP contribution in [0.4, 0.5) is 17.1 Å². The Morgan fingerprint density at radius 2 is 1.68 bits per heavy atom. The number of carbonyl (C=O) groups excluding carboxylic acids is 1. The predicted molar refractivity (Wildman–Crippen MR) is 109 cm³/mol. The van der Waals surface area contributed by atoms with Gasteiger partial charge in [-0.2, -0.15) is 0 Å². The maximum absolute atomic E-state index is 11.7. The average Bonchev–Trinajstić information content (AvgIpc) is 2.65. The van der Waals surface area contributed by atoms with Crippen molar-refractivity contribution in [1.82, 2.24) is 0 Å². The summed E-state index contributed by atoms with van der Waals surface area (Å²) in [5.41, 5.74) is 3.85. The molecule has 28 heavy (non-hydrogen) atoms. The number of hydrogen-bond acceptors (Lipinski definition) is 5. The van der Waals surface area contributed by atoms with E-state index in [0.717, 1.165) is 18.5 Å². The molecule has 6 nitrogen and oxygen atoms in total. The molecule has 2 aromatic carbocycles. The quantitative estimate of drug-likeness (QED) is 0.430. The number of nitrogens with zero attached hydrogens (tertiary/aromatic N) is 1. The van der Waals surface area contributed by atoms with Crippen molar-refractivity contribution in [3.63, 3.8) is 0 Å². The number of nitro benzene ring substituents is 1. The minimum Gasteiger partial charge on any atom is -0.465 e. The summed E-state index contributed by atoms with van der Waals surface area (Å²) < 4.78 is 4.65. The van der Waals surface area contributed by atoms with E-state index in [2.05, 4.69) is 49.9 Å². The zero-order valence-electron chi connectivity index (χ0n) is 17.0. The van der Waals surface area contributed by atoms with Crippen molar-refractivity contribution in [1.29, 1.82) is 0 Å². The van der Waals surface area contributed by atoms with Crippen LogP contribution >= 0.6 is 0 Å². The third kappa shape index (κ3) is 3.59.